The first-order valence-corrected chi connectivity index (χ1v) is 9.94. The van der Waals surface area contributed by atoms with Gasteiger partial charge in [0, 0.05) is 17.7 Å². The van der Waals surface area contributed by atoms with Crippen LogP contribution >= 0.6 is 0 Å². The molecule has 0 aliphatic carbocycles. The van der Waals surface area contributed by atoms with E-state index in [0.717, 1.165) is 21.7 Å². The molecule has 1 atom stereocenters. The maximum Gasteiger partial charge on any atom is 0.311 e. The molecule has 0 spiro atoms. The molecule has 3 rings (SSSR count). The number of rotatable bonds is 6. The van der Waals surface area contributed by atoms with E-state index in [-0.39, 0.29) is 18.9 Å². The predicted octanol–water partition coefficient (Wildman–Crippen LogP) is 2.29. The largest absolute Gasteiger partial charge is 0.455 e. The minimum absolute atomic E-state index is 0.00591. The quantitative estimate of drug-likeness (QED) is 0.694. The third-order valence-corrected chi connectivity index (χ3v) is 5.14. The zero-order valence-corrected chi connectivity index (χ0v) is 17.7. The van der Waals surface area contributed by atoms with Crippen molar-refractivity contribution in [2.75, 3.05) is 18.5 Å². The fraction of sp³-hybridized carbons (Fsp3) is 0.304. The summed E-state index contributed by atoms with van der Waals surface area (Å²) in [6, 6.07) is 12.4. The molecule has 31 heavy (non-hydrogen) atoms. The van der Waals surface area contributed by atoms with Crippen LogP contribution in [0, 0.1) is 26.7 Å². The van der Waals surface area contributed by atoms with Crippen molar-refractivity contribution >= 4 is 29.4 Å². The van der Waals surface area contributed by atoms with Crippen LogP contribution in [0.1, 0.15) is 33.5 Å². The first-order valence-electron chi connectivity index (χ1n) is 9.94. The van der Waals surface area contributed by atoms with Crippen LogP contribution in [0.2, 0.25) is 0 Å². The number of aryl methyl sites for hydroxylation is 3. The summed E-state index contributed by atoms with van der Waals surface area (Å²) in [5, 5.41) is 3.79. The number of hydrogen-bond acceptors (Lipinski definition) is 5. The van der Waals surface area contributed by atoms with Gasteiger partial charge in [-0.05, 0) is 56.2 Å². The molecule has 0 saturated carbocycles. The Hall–Kier alpha value is -3.68. The van der Waals surface area contributed by atoms with Crippen LogP contribution in [0.5, 0.6) is 0 Å². The minimum atomic E-state index is -0.750. The summed E-state index contributed by atoms with van der Waals surface area (Å²) >= 11 is 0. The lowest BCUT2D eigenvalue weighted by molar-refractivity contribution is -0.151. The fourth-order valence-corrected chi connectivity index (χ4v) is 3.14. The maximum absolute atomic E-state index is 12.3. The van der Waals surface area contributed by atoms with Crippen molar-refractivity contribution in [2.24, 2.45) is 5.92 Å². The van der Waals surface area contributed by atoms with Gasteiger partial charge in [-0.2, -0.15) is 0 Å². The third-order valence-electron chi connectivity index (χ3n) is 5.14. The Kier molecular flexibility index (Phi) is 6.69. The van der Waals surface area contributed by atoms with E-state index in [1.54, 1.807) is 30.3 Å². The first-order chi connectivity index (χ1) is 14.7. The summed E-state index contributed by atoms with van der Waals surface area (Å²) < 4.78 is 5.07. The lowest BCUT2D eigenvalue weighted by atomic mass is 10.1. The van der Waals surface area contributed by atoms with Gasteiger partial charge in [0.1, 0.15) is 0 Å². The minimum Gasteiger partial charge on any atom is -0.455 e. The molecule has 8 heteroatoms. The molecule has 0 bridgehead atoms. The van der Waals surface area contributed by atoms with E-state index >= 15 is 0 Å². The van der Waals surface area contributed by atoms with Crippen molar-refractivity contribution in [3.05, 3.63) is 64.7 Å². The zero-order valence-electron chi connectivity index (χ0n) is 17.7. The van der Waals surface area contributed by atoms with E-state index in [1.165, 1.54) is 0 Å². The molecule has 1 aliphatic heterocycles. The Balaban J connectivity index is 1.48. The number of ether oxygens (including phenoxy) is 1. The molecule has 2 aromatic carbocycles. The van der Waals surface area contributed by atoms with Crippen LogP contribution in [0.25, 0.3) is 0 Å². The lowest BCUT2D eigenvalue weighted by Crippen LogP contribution is -2.43. The van der Waals surface area contributed by atoms with Crippen LogP contribution in [-0.4, -0.2) is 41.9 Å². The number of nitrogens with zero attached hydrogens (tertiary/aromatic N) is 1. The molecule has 1 saturated heterocycles. The molecule has 0 radical (unpaired) electrons. The molecular weight excluding hydrogens is 398 g/mol. The maximum atomic E-state index is 12.3. The molecule has 1 fully saturated rings. The molecule has 8 nitrogen and oxygen atoms in total. The van der Waals surface area contributed by atoms with Gasteiger partial charge in [-0.1, -0.05) is 23.8 Å². The van der Waals surface area contributed by atoms with Gasteiger partial charge in [0.15, 0.2) is 6.61 Å². The Morgan fingerprint density at radius 1 is 1.03 bits per heavy atom. The second-order valence-electron chi connectivity index (χ2n) is 7.67. The second-order valence-corrected chi connectivity index (χ2v) is 7.67. The van der Waals surface area contributed by atoms with Crippen molar-refractivity contribution < 1.29 is 23.9 Å². The van der Waals surface area contributed by atoms with Gasteiger partial charge in [0.2, 0.25) is 5.91 Å². The Labute approximate surface area is 180 Å². The average Bonchev–Trinajstić information content (AvgIpc) is 3.10. The van der Waals surface area contributed by atoms with Gasteiger partial charge in [-0.3, -0.25) is 29.6 Å². The SMILES string of the molecule is Cc1ccc(C(=O)NN2C[C@@H](C(=O)OCC(=O)Nc3ccc(C)c(C)c3)CC2=O)cc1. The summed E-state index contributed by atoms with van der Waals surface area (Å²) in [5.74, 6) is -2.70. The van der Waals surface area contributed by atoms with E-state index in [2.05, 4.69) is 10.7 Å². The smallest absolute Gasteiger partial charge is 0.311 e. The number of carbonyl (C=O) groups is 4. The summed E-state index contributed by atoms with van der Waals surface area (Å²) in [6.45, 7) is 5.35. The van der Waals surface area contributed by atoms with Crippen LogP contribution in [0.3, 0.4) is 0 Å². The fourth-order valence-electron chi connectivity index (χ4n) is 3.14. The van der Waals surface area contributed by atoms with Gasteiger partial charge in [0.25, 0.3) is 11.8 Å². The number of esters is 1. The molecular formula is C23H25N3O5. The molecule has 2 aromatic rings. The summed E-state index contributed by atoms with van der Waals surface area (Å²) in [7, 11) is 0. The lowest BCUT2D eigenvalue weighted by Gasteiger charge is -2.17. The van der Waals surface area contributed by atoms with Crippen molar-refractivity contribution in [3.63, 3.8) is 0 Å². The summed E-state index contributed by atoms with van der Waals surface area (Å²) in [5.41, 5.74) is 6.69. The molecule has 0 unspecified atom stereocenters. The number of amides is 3. The van der Waals surface area contributed by atoms with Crippen LogP contribution in [0.15, 0.2) is 42.5 Å². The highest BCUT2D eigenvalue weighted by Gasteiger charge is 2.36. The first kappa shape index (κ1) is 22.0. The van der Waals surface area contributed by atoms with Crippen LogP contribution in [0.4, 0.5) is 5.69 Å². The van der Waals surface area contributed by atoms with Gasteiger partial charge < -0.3 is 10.1 Å². The Morgan fingerprint density at radius 3 is 2.42 bits per heavy atom. The number of benzene rings is 2. The van der Waals surface area contributed by atoms with Crippen molar-refractivity contribution in [1.29, 1.82) is 0 Å². The van der Waals surface area contributed by atoms with Crippen LogP contribution in [-0.2, 0) is 19.1 Å². The molecule has 2 N–H and O–H groups in total. The third kappa shape index (κ3) is 5.69. The molecule has 1 aliphatic rings. The number of hydrogen-bond donors (Lipinski definition) is 2. The normalized spacial score (nSPS) is 15.5. The summed E-state index contributed by atoms with van der Waals surface area (Å²) in [6.07, 6.45) is -0.0915. The van der Waals surface area contributed by atoms with Gasteiger partial charge >= 0.3 is 5.97 Å². The van der Waals surface area contributed by atoms with Crippen molar-refractivity contribution in [3.8, 4) is 0 Å². The van der Waals surface area contributed by atoms with E-state index in [4.69, 9.17) is 4.74 Å². The van der Waals surface area contributed by atoms with E-state index in [9.17, 15) is 19.2 Å². The van der Waals surface area contributed by atoms with Crippen molar-refractivity contribution in [1.82, 2.24) is 10.4 Å². The van der Waals surface area contributed by atoms with Crippen LogP contribution < -0.4 is 10.7 Å². The average molecular weight is 423 g/mol. The molecule has 3 amide bonds. The Bertz CT molecular complexity index is 1020. The zero-order chi connectivity index (χ0) is 22.5. The van der Waals surface area contributed by atoms with Gasteiger partial charge in [-0.25, -0.2) is 0 Å². The standard InChI is InChI=1S/C23H25N3O5/c1-14-4-7-17(8-5-14)22(29)25-26-12-18(11-21(26)28)23(30)31-13-20(27)24-19-9-6-15(2)16(3)10-19/h4-10,18H,11-13H2,1-3H3,(H,24,27)(H,25,29)/t18-/m0/s1. The number of carbonyl (C=O) groups excluding carboxylic acids is 4. The Morgan fingerprint density at radius 2 is 1.74 bits per heavy atom. The topological polar surface area (TPSA) is 105 Å². The molecule has 0 aromatic heterocycles. The van der Waals surface area contributed by atoms with Gasteiger partial charge in [-0.15, -0.1) is 0 Å². The highest BCUT2D eigenvalue weighted by Crippen LogP contribution is 2.18. The molecule has 1 heterocycles. The second kappa shape index (κ2) is 9.42. The highest BCUT2D eigenvalue weighted by atomic mass is 16.5. The number of hydrazine groups is 1. The van der Waals surface area contributed by atoms with E-state index < -0.39 is 30.3 Å². The molecule has 162 valence electrons. The monoisotopic (exact) mass is 423 g/mol. The number of anilines is 1. The number of nitrogens with one attached hydrogen (secondary N) is 2. The predicted molar refractivity (Wildman–Crippen MR) is 114 cm³/mol. The van der Waals surface area contributed by atoms with Gasteiger partial charge in [0.05, 0.1) is 12.5 Å². The highest BCUT2D eigenvalue weighted by molar-refractivity contribution is 5.97. The summed E-state index contributed by atoms with van der Waals surface area (Å²) in [4.78, 5) is 48.8. The van der Waals surface area contributed by atoms with Crippen molar-refractivity contribution in [2.45, 2.75) is 27.2 Å². The van der Waals surface area contributed by atoms with E-state index in [1.807, 2.05) is 32.9 Å². The van der Waals surface area contributed by atoms with E-state index in [0.29, 0.717) is 11.3 Å².